The van der Waals surface area contributed by atoms with Crippen LogP contribution < -0.4 is 5.32 Å². The van der Waals surface area contributed by atoms with Crippen LogP contribution in [0.1, 0.15) is 66.2 Å². The monoisotopic (exact) mass is 370 g/mol. The van der Waals surface area contributed by atoms with E-state index in [0.717, 1.165) is 0 Å². The number of amides is 3. The van der Waals surface area contributed by atoms with Gasteiger partial charge in [0.05, 0.1) is 6.04 Å². The molecule has 1 aliphatic rings. The second-order valence-electron chi connectivity index (χ2n) is 7.10. The molecule has 0 aromatic heterocycles. The van der Waals surface area contributed by atoms with E-state index in [-0.39, 0.29) is 25.0 Å². The molecular weight excluding hydrogens is 344 g/mol. The lowest BCUT2D eigenvalue weighted by Gasteiger charge is -2.22. The normalized spacial score (nSPS) is 15.6. The molecule has 0 aromatic rings. The smallest absolute Gasteiger partial charge is 0.408 e. The maximum Gasteiger partial charge on any atom is 0.408 e. The fourth-order valence-electron chi connectivity index (χ4n) is 2.25. The summed E-state index contributed by atoms with van der Waals surface area (Å²) in [6, 6.07) is -0.706. The molecule has 146 valence electrons. The minimum Gasteiger partial charge on any atom is -0.444 e. The van der Waals surface area contributed by atoms with E-state index in [9.17, 15) is 24.0 Å². The average molecular weight is 370 g/mol. The molecule has 1 rings (SSSR count). The number of ketones is 1. The fraction of sp³-hybridized carbons (Fsp3) is 0.706. The van der Waals surface area contributed by atoms with Gasteiger partial charge in [0.1, 0.15) is 5.60 Å². The van der Waals surface area contributed by atoms with Crippen LogP contribution in [0.25, 0.3) is 0 Å². The molecule has 0 saturated carbocycles. The molecule has 0 unspecified atom stereocenters. The Labute approximate surface area is 152 Å². The first-order valence-electron chi connectivity index (χ1n) is 8.56. The number of nitrogens with one attached hydrogen (secondary N) is 1. The molecule has 0 spiro atoms. The van der Waals surface area contributed by atoms with E-state index in [1.54, 1.807) is 20.8 Å². The Kier molecular flexibility index (Phi) is 7.73. The number of carbonyl (C=O) groups is 5. The SMILES string of the molecule is CC(=O)[C@H](CCCCC(=O)ON1C(=O)CCC1=O)NC(=O)OC(C)(C)C. The number of Topliss-reactive ketones (excluding diaryl/α,β-unsaturated/α-hetero) is 1. The Morgan fingerprint density at radius 2 is 1.69 bits per heavy atom. The summed E-state index contributed by atoms with van der Waals surface area (Å²) in [5.74, 6) is -1.96. The van der Waals surface area contributed by atoms with Crippen molar-refractivity contribution in [2.45, 2.75) is 77.9 Å². The molecule has 1 atom stereocenters. The lowest BCUT2D eigenvalue weighted by Crippen LogP contribution is -2.42. The topological polar surface area (TPSA) is 119 Å². The summed E-state index contributed by atoms with van der Waals surface area (Å²) in [4.78, 5) is 62.5. The van der Waals surface area contributed by atoms with Gasteiger partial charge >= 0.3 is 12.1 Å². The van der Waals surface area contributed by atoms with Crippen molar-refractivity contribution in [3.8, 4) is 0 Å². The quantitative estimate of drug-likeness (QED) is 0.509. The van der Waals surface area contributed by atoms with Gasteiger partial charge in [-0.15, -0.1) is 5.06 Å². The maximum absolute atomic E-state index is 11.7. The lowest BCUT2D eigenvalue weighted by atomic mass is 10.1. The first-order chi connectivity index (χ1) is 12.0. The van der Waals surface area contributed by atoms with Gasteiger partial charge < -0.3 is 14.9 Å². The molecule has 0 bridgehead atoms. The minimum atomic E-state index is -0.706. The van der Waals surface area contributed by atoms with E-state index in [1.807, 2.05) is 0 Å². The number of ether oxygens (including phenoxy) is 1. The van der Waals surface area contributed by atoms with Crippen LogP contribution in [0.3, 0.4) is 0 Å². The highest BCUT2D eigenvalue weighted by Gasteiger charge is 2.32. The van der Waals surface area contributed by atoms with Crippen LogP contribution in [0.15, 0.2) is 0 Å². The number of rotatable bonds is 8. The van der Waals surface area contributed by atoms with Crippen LogP contribution in [0.5, 0.6) is 0 Å². The average Bonchev–Trinajstić information content (AvgIpc) is 2.80. The molecule has 1 aliphatic heterocycles. The zero-order chi connectivity index (χ0) is 19.9. The molecule has 0 aliphatic carbocycles. The summed E-state index contributed by atoms with van der Waals surface area (Å²) in [6.07, 6.45) is 0.595. The zero-order valence-corrected chi connectivity index (χ0v) is 15.6. The first kappa shape index (κ1) is 21.6. The Morgan fingerprint density at radius 1 is 1.12 bits per heavy atom. The third kappa shape index (κ3) is 7.62. The Bertz CT molecular complexity index is 564. The van der Waals surface area contributed by atoms with Crippen LogP contribution in [0, 0.1) is 0 Å². The minimum absolute atomic E-state index is 0.00583. The number of alkyl carbamates (subject to hydrolysis) is 1. The highest BCUT2D eigenvalue weighted by Crippen LogP contribution is 2.14. The standard InChI is InChI=1S/C17H26N2O7/c1-11(20)12(18-16(24)25-17(2,3)4)7-5-6-8-15(23)26-19-13(21)9-10-14(19)22/h12H,5-10H2,1-4H3,(H,18,24)/t12-/m0/s1. The van der Waals surface area contributed by atoms with Crippen LogP contribution in [-0.2, 0) is 28.8 Å². The van der Waals surface area contributed by atoms with Crippen LogP contribution in [0.2, 0.25) is 0 Å². The molecule has 3 amide bonds. The second-order valence-corrected chi connectivity index (χ2v) is 7.10. The third-order valence-corrected chi connectivity index (χ3v) is 3.50. The summed E-state index contributed by atoms with van der Waals surface area (Å²) in [5.41, 5.74) is -0.667. The summed E-state index contributed by atoms with van der Waals surface area (Å²) in [7, 11) is 0. The van der Waals surface area contributed by atoms with Crippen molar-refractivity contribution in [3.05, 3.63) is 0 Å². The molecule has 9 nitrogen and oxygen atoms in total. The van der Waals surface area contributed by atoms with Gasteiger partial charge in [-0.25, -0.2) is 9.59 Å². The van der Waals surface area contributed by atoms with E-state index in [0.29, 0.717) is 24.3 Å². The lowest BCUT2D eigenvalue weighted by molar-refractivity contribution is -0.197. The van der Waals surface area contributed by atoms with Gasteiger partial charge in [0, 0.05) is 19.3 Å². The number of unbranched alkanes of at least 4 members (excludes halogenated alkanes) is 1. The van der Waals surface area contributed by atoms with Gasteiger partial charge in [-0.05, 0) is 40.5 Å². The zero-order valence-electron chi connectivity index (χ0n) is 15.6. The highest BCUT2D eigenvalue weighted by molar-refractivity contribution is 6.01. The number of hydroxylamine groups is 2. The van der Waals surface area contributed by atoms with Crippen LogP contribution in [0.4, 0.5) is 4.79 Å². The number of carbonyl (C=O) groups excluding carboxylic acids is 5. The van der Waals surface area contributed by atoms with Crippen molar-refractivity contribution >= 4 is 29.7 Å². The van der Waals surface area contributed by atoms with E-state index < -0.39 is 35.5 Å². The molecule has 1 heterocycles. The predicted octanol–water partition coefficient (Wildman–Crippen LogP) is 1.64. The second kappa shape index (κ2) is 9.30. The molecule has 1 N–H and O–H groups in total. The van der Waals surface area contributed by atoms with Crippen molar-refractivity contribution in [1.82, 2.24) is 10.4 Å². The van der Waals surface area contributed by atoms with Gasteiger partial charge in [-0.1, -0.05) is 6.42 Å². The van der Waals surface area contributed by atoms with Crippen molar-refractivity contribution in [2.75, 3.05) is 0 Å². The molecule has 1 fully saturated rings. The summed E-state index contributed by atoms with van der Waals surface area (Å²) in [5, 5.41) is 3.01. The van der Waals surface area contributed by atoms with Crippen molar-refractivity contribution < 1.29 is 33.5 Å². The predicted molar refractivity (Wildman–Crippen MR) is 89.5 cm³/mol. The summed E-state index contributed by atoms with van der Waals surface area (Å²) >= 11 is 0. The van der Waals surface area contributed by atoms with Gasteiger partial charge in [-0.3, -0.25) is 14.4 Å². The van der Waals surface area contributed by atoms with Crippen molar-refractivity contribution in [3.63, 3.8) is 0 Å². The Hall–Kier alpha value is -2.45. The van der Waals surface area contributed by atoms with Gasteiger partial charge in [0.25, 0.3) is 11.8 Å². The van der Waals surface area contributed by atoms with E-state index in [4.69, 9.17) is 9.57 Å². The number of hydrogen-bond donors (Lipinski definition) is 1. The van der Waals surface area contributed by atoms with Crippen molar-refractivity contribution in [2.24, 2.45) is 0 Å². The van der Waals surface area contributed by atoms with Gasteiger partial charge in [-0.2, -0.15) is 0 Å². The number of nitrogens with zero attached hydrogens (tertiary/aromatic N) is 1. The molecule has 9 heteroatoms. The maximum atomic E-state index is 11.7. The molecule has 1 saturated heterocycles. The van der Waals surface area contributed by atoms with E-state index >= 15 is 0 Å². The van der Waals surface area contributed by atoms with E-state index in [1.165, 1.54) is 6.92 Å². The molecular formula is C17H26N2O7. The Morgan fingerprint density at radius 3 is 2.19 bits per heavy atom. The fourth-order valence-corrected chi connectivity index (χ4v) is 2.25. The third-order valence-electron chi connectivity index (χ3n) is 3.50. The first-order valence-corrected chi connectivity index (χ1v) is 8.56. The molecule has 26 heavy (non-hydrogen) atoms. The summed E-state index contributed by atoms with van der Waals surface area (Å²) < 4.78 is 5.11. The largest absolute Gasteiger partial charge is 0.444 e. The van der Waals surface area contributed by atoms with Gasteiger partial charge in [0.2, 0.25) is 0 Å². The Balaban J connectivity index is 2.33. The highest BCUT2D eigenvalue weighted by atomic mass is 16.7. The van der Waals surface area contributed by atoms with Crippen LogP contribution >= 0.6 is 0 Å². The number of hydrogen-bond acceptors (Lipinski definition) is 7. The molecule has 0 radical (unpaired) electrons. The van der Waals surface area contributed by atoms with Crippen molar-refractivity contribution in [1.29, 1.82) is 0 Å². The number of imide groups is 1. The van der Waals surface area contributed by atoms with Crippen LogP contribution in [-0.4, -0.2) is 46.4 Å². The van der Waals surface area contributed by atoms with Gasteiger partial charge in [0.15, 0.2) is 5.78 Å². The van der Waals surface area contributed by atoms with E-state index in [2.05, 4.69) is 5.32 Å². The summed E-state index contributed by atoms with van der Waals surface area (Å²) in [6.45, 7) is 6.52. The molecule has 0 aromatic carbocycles.